The Morgan fingerprint density at radius 2 is 1.95 bits per heavy atom. The fourth-order valence-corrected chi connectivity index (χ4v) is 2.01. The van der Waals surface area contributed by atoms with Crippen molar-refractivity contribution in [3.63, 3.8) is 0 Å². The van der Waals surface area contributed by atoms with Crippen molar-refractivity contribution in [2.24, 2.45) is 5.73 Å². The van der Waals surface area contributed by atoms with Gasteiger partial charge < -0.3 is 15.6 Å². The minimum absolute atomic E-state index is 0. The van der Waals surface area contributed by atoms with Gasteiger partial charge >= 0.3 is 0 Å². The van der Waals surface area contributed by atoms with E-state index in [0.29, 0.717) is 0 Å². The van der Waals surface area contributed by atoms with Crippen molar-refractivity contribution < 1.29 is 4.79 Å². The first-order chi connectivity index (χ1) is 8.16. The van der Waals surface area contributed by atoms with Crippen LogP contribution in [0, 0.1) is 0 Å². The molecule has 0 aromatic carbocycles. The maximum absolute atomic E-state index is 11.7. The number of amides is 1. The van der Waals surface area contributed by atoms with Crippen molar-refractivity contribution in [3.8, 4) is 0 Å². The molecule has 1 saturated heterocycles. The summed E-state index contributed by atoms with van der Waals surface area (Å²) in [4.78, 5) is 23.1. The van der Waals surface area contributed by atoms with Crippen molar-refractivity contribution in [1.29, 1.82) is 0 Å². The zero-order valence-corrected chi connectivity index (χ0v) is 13.8. The highest BCUT2D eigenvalue weighted by molar-refractivity contribution is 5.86. The van der Waals surface area contributed by atoms with Gasteiger partial charge in [0.25, 0.3) is 0 Å². The van der Waals surface area contributed by atoms with E-state index in [9.17, 15) is 4.79 Å². The van der Waals surface area contributed by atoms with Crippen LogP contribution in [-0.4, -0.2) is 57.9 Å². The molecule has 118 valence electrons. The molecular formula is C11H22Cl3N5O. The van der Waals surface area contributed by atoms with Gasteiger partial charge in [0, 0.05) is 38.6 Å². The Balaban J connectivity index is 0. The maximum atomic E-state index is 11.7. The van der Waals surface area contributed by atoms with Gasteiger partial charge in [0.1, 0.15) is 5.82 Å². The van der Waals surface area contributed by atoms with Gasteiger partial charge in [-0.15, -0.1) is 37.2 Å². The Morgan fingerprint density at radius 3 is 2.40 bits per heavy atom. The molecule has 1 aliphatic rings. The summed E-state index contributed by atoms with van der Waals surface area (Å²) >= 11 is 0. The van der Waals surface area contributed by atoms with E-state index in [1.165, 1.54) is 0 Å². The number of rotatable bonds is 3. The van der Waals surface area contributed by atoms with Gasteiger partial charge in [0.2, 0.25) is 5.91 Å². The third-order valence-electron chi connectivity index (χ3n) is 3.00. The van der Waals surface area contributed by atoms with Crippen molar-refractivity contribution >= 4 is 43.1 Å². The quantitative estimate of drug-likeness (QED) is 0.843. The lowest BCUT2D eigenvalue weighted by Crippen LogP contribution is -2.52. The van der Waals surface area contributed by atoms with E-state index in [1.54, 1.807) is 13.1 Å². The number of hydrogen-bond donors (Lipinski definition) is 2. The Morgan fingerprint density at radius 1 is 1.35 bits per heavy atom. The van der Waals surface area contributed by atoms with Crippen LogP contribution in [-0.2, 0) is 11.3 Å². The van der Waals surface area contributed by atoms with Crippen LogP contribution in [0.1, 0.15) is 12.7 Å². The number of nitrogens with zero attached hydrogens (tertiary/aromatic N) is 3. The Labute approximate surface area is 137 Å². The lowest BCUT2D eigenvalue weighted by molar-refractivity contribution is -0.134. The molecule has 1 aromatic heterocycles. The van der Waals surface area contributed by atoms with Crippen molar-refractivity contribution in [1.82, 2.24) is 19.8 Å². The number of carbonyl (C=O) groups excluding carboxylic acids is 1. The van der Waals surface area contributed by atoms with E-state index < -0.39 is 6.04 Å². The number of aromatic amines is 1. The number of nitrogens with two attached hydrogens (primary N) is 1. The molecule has 0 aliphatic carbocycles. The molecule has 20 heavy (non-hydrogen) atoms. The van der Waals surface area contributed by atoms with Crippen LogP contribution in [0.25, 0.3) is 0 Å². The summed E-state index contributed by atoms with van der Waals surface area (Å²) in [5.41, 5.74) is 5.59. The Hall–Kier alpha value is -0.530. The molecule has 1 amide bonds. The molecule has 0 bridgehead atoms. The Kier molecular flexibility index (Phi) is 11.1. The normalized spacial score (nSPS) is 16.4. The van der Waals surface area contributed by atoms with Crippen LogP contribution in [0.15, 0.2) is 12.4 Å². The summed E-state index contributed by atoms with van der Waals surface area (Å²) in [6, 6.07) is -0.397. The molecule has 1 aliphatic heterocycles. The molecule has 2 rings (SSSR count). The third kappa shape index (κ3) is 5.85. The predicted molar refractivity (Wildman–Crippen MR) is 85.8 cm³/mol. The number of halogens is 3. The highest BCUT2D eigenvalue weighted by atomic mass is 35.5. The average Bonchev–Trinajstić information content (AvgIpc) is 2.82. The first kappa shape index (κ1) is 21.8. The summed E-state index contributed by atoms with van der Waals surface area (Å²) in [5, 5.41) is 0. The molecule has 1 atom stereocenters. The number of H-pyrrole nitrogens is 1. The van der Waals surface area contributed by atoms with Gasteiger partial charge in [0.05, 0.1) is 12.6 Å². The van der Waals surface area contributed by atoms with Gasteiger partial charge in [-0.3, -0.25) is 9.69 Å². The van der Waals surface area contributed by atoms with Gasteiger partial charge in [0.15, 0.2) is 0 Å². The summed E-state index contributed by atoms with van der Waals surface area (Å²) in [6.07, 6.45) is 3.58. The largest absolute Gasteiger partial charge is 0.348 e. The first-order valence-corrected chi connectivity index (χ1v) is 5.92. The van der Waals surface area contributed by atoms with Crippen molar-refractivity contribution in [2.75, 3.05) is 26.2 Å². The van der Waals surface area contributed by atoms with Crippen LogP contribution < -0.4 is 5.73 Å². The molecule has 0 radical (unpaired) electrons. The van der Waals surface area contributed by atoms with Crippen LogP contribution in [0.5, 0.6) is 0 Å². The number of nitrogens with one attached hydrogen (secondary N) is 1. The first-order valence-electron chi connectivity index (χ1n) is 5.92. The fraction of sp³-hybridized carbons (Fsp3) is 0.636. The lowest BCUT2D eigenvalue weighted by Gasteiger charge is -2.35. The molecule has 3 N–H and O–H groups in total. The van der Waals surface area contributed by atoms with Gasteiger partial charge in [-0.1, -0.05) is 0 Å². The number of piperazine rings is 1. The standard InChI is InChI=1S/C11H19N5O.3ClH/c1-9(12)11(17)16-6-4-15(5-7-16)8-10-13-2-3-14-10;;;/h2-3,9H,4-8,12H2,1H3,(H,13,14);3*1H/t9-;;;/m1.../s1. The van der Waals surface area contributed by atoms with Gasteiger partial charge in [-0.25, -0.2) is 4.98 Å². The maximum Gasteiger partial charge on any atom is 0.239 e. The molecule has 2 heterocycles. The van der Waals surface area contributed by atoms with Crippen LogP contribution in [0.4, 0.5) is 0 Å². The van der Waals surface area contributed by atoms with Crippen LogP contribution >= 0.6 is 37.2 Å². The Bertz CT molecular complexity index is 366. The van der Waals surface area contributed by atoms with Crippen molar-refractivity contribution in [2.45, 2.75) is 19.5 Å². The topological polar surface area (TPSA) is 78.2 Å². The van der Waals surface area contributed by atoms with E-state index in [0.717, 1.165) is 38.5 Å². The summed E-state index contributed by atoms with van der Waals surface area (Å²) < 4.78 is 0. The fourth-order valence-electron chi connectivity index (χ4n) is 2.01. The summed E-state index contributed by atoms with van der Waals surface area (Å²) in [7, 11) is 0. The molecule has 1 aromatic rings. The zero-order chi connectivity index (χ0) is 12.3. The number of imidazole rings is 1. The molecule has 0 saturated carbocycles. The molecular weight excluding hydrogens is 325 g/mol. The van der Waals surface area contributed by atoms with Gasteiger partial charge in [-0.05, 0) is 6.92 Å². The second-order valence-corrected chi connectivity index (χ2v) is 4.43. The van der Waals surface area contributed by atoms with E-state index in [1.807, 2.05) is 11.1 Å². The molecule has 6 nitrogen and oxygen atoms in total. The number of aromatic nitrogens is 2. The lowest BCUT2D eigenvalue weighted by atomic mass is 10.2. The molecule has 0 spiro atoms. The number of carbonyl (C=O) groups is 1. The zero-order valence-electron chi connectivity index (χ0n) is 11.3. The molecule has 9 heteroatoms. The average molecular weight is 347 g/mol. The third-order valence-corrected chi connectivity index (χ3v) is 3.00. The smallest absolute Gasteiger partial charge is 0.239 e. The number of hydrogen-bond acceptors (Lipinski definition) is 4. The molecule has 0 unspecified atom stereocenters. The second-order valence-electron chi connectivity index (χ2n) is 4.43. The monoisotopic (exact) mass is 345 g/mol. The van der Waals surface area contributed by atoms with E-state index in [4.69, 9.17) is 5.73 Å². The minimum atomic E-state index is -0.397. The highest BCUT2D eigenvalue weighted by Gasteiger charge is 2.23. The highest BCUT2D eigenvalue weighted by Crippen LogP contribution is 2.06. The SMILES string of the molecule is C[C@@H](N)C(=O)N1CCN(Cc2ncc[nH]2)CC1.Cl.Cl.Cl. The van der Waals surface area contributed by atoms with E-state index in [2.05, 4.69) is 14.9 Å². The predicted octanol–water partition coefficient (Wildman–Crippen LogP) is 0.667. The molecule has 1 fully saturated rings. The van der Waals surface area contributed by atoms with E-state index >= 15 is 0 Å². The summed E-state index contributed by atoms with van der Waals surface area (Å²) in [5.74, 6) is 1.01. The van der Waals surface area contributed by atoms with Crippen molar-refractivity contribution in [3.05, 3.63) is 18.2 Å². The summed E-state index contributed by atoms with van der Waals surface area (Å²) in [6.45, 7) is 5.80. The second kappa shape index (κ2) is 10.2. The van der Waals surface area contributed by atoms with Crippen LogP contribution in [0.2, 0.25) is 0 Å². The van der Waals surface area contributed by atoms with Gasteiger partial charge in [-0.2, -0.15) is 0 Å². The van der Waals surface area contributed by atoms with E-state index in [-0.39, 0.29) is 43.1 Å². The minimum Gasteiger partial charge on any atom is -0.348 e. The van der Waals surface area contributed by atoms with Crippen LogP contribution in [0.3, 0.4) is 0 Å².